The quantitative estimate of drug-likeness (QED) is 0.616. The van der Waals surface area contributed by atoms with Crippen LogP contribution in [0, 0.1) is 16.0 Å². The lowest BCUT2D eigenvalue weighted by atomic mass is 9.83. The van der Waals surface area contributed by atoms with Gasteiger partial charge in [-0.15, -0.1) is 0 Å². The third-order valence-corrected chi connectivity index (χ3v) is 4.75. The summed E-state index contributed by atoms with van der Waals surface area (Å²) in [6, 6.07) is 7.74. The topological polar surface area (TPSA) is 98.6 Å². The molecule has 0 aliphatic carbocycles. The van der Waals surface area contributed by atoms with Gasteiger partial charge in [0.05, 0.1) is 6.07 Å². The Labute approximate surface area is 136 Å². The molecular formula is C16H15N3O5. The molecule has 0 radical (unpaired) electrons. The molecule has 1 amide bonds. The summed E-state index contributed by atoms with van der Waals surface area (Å²) in [5.41, 5.74) is 0.935. The van der Waals surface area contributed by atoms with Crippen molar-refractivity contribution < 1.29 is 14.1 Å². The highest BCUT2D eigenvalue weighted by Crippen LogP contribution is 2.35. The summed E-state index contributed by atoms with van der Waals surface area (Å²) < 4.78 is 6.82. The Morgan fingerprint density at radius 1 is 1.21 bits per heavy atom. The molecule has 2 aromatic rings. The first-order chi connectivity index (χ1) is 11.5. The number of hydrogen-bond donors (Lipinski definition) is 0. The van der Waals surface area contributed by atoms with Gasteiger partial charge in [-0.1, -0.05) is 6.07 Å². The molecule has 124 valence electrons. The summed E-state index contributed by atoms with van der Waals surface area (Å²) in [4.78, 5) is 36.3. The molecule has 2 aliphatic rings. The number of hydrogen-bond acceptors (Lipinski definition) is 5. The van der Waals surface area contributed by atoms with Crippen molar-refractivity contribution >= 4 is 11.8 Å². The zero-order valence-corrected chi connectivity index (χ0v) is 12.8. The maximum atomic E-state index is 12.6. The van der Waals surface area contributed by atoms with Gasteiger partial charge in [0.25, 0.3) is 11.5 Å². The lowest BCUT2D eigenvalue weighted by Crippen LogP contribution is -2.49. The number of carbonyl (C=O) groups excluding carboxylic acids is 1. The van der Waals surface area contributed by atoms with E-state index >= 15 is 0 Å². The summed E-state index contributed by atoms with van der Waals surface area (Å²) in [5.74, 6) is -0.505. The lowest BCUT2D eigenvalue weighted by Gasteiger charge is -2.42. The first-order valence-electron chi connectivity index (χ1n) is 7.76. The second kappa shape index (κ2) is 5.33. The highest BCUT2D eigenvalue weighted by molar-refractivity contribution is 5.91. The first kappa shape index (κ1) is 14.7. The van der Waals surface area contributed by atoms with Crippen molar-refractivity contribution in [2.45, 2.75) is 18.9 Å². The minimum absolute atomic E-state index is 0.0105. The van der Waals surface area contributed by atoms with Gasteiger partial charge in [-0.25, -0.2) is 0 Å². The summed E-state index contributed by atoms with van der Waals surface area (Å²) >= 11 is 0. The summed E-state index contributed by atoms with van der Waals surface area (Å²) in [5, 5.41) is 10.7. The van der Waals surface area contributed by atoms with E-state index in [1.165, 1.54) is 12.1 Å². The minimum atomic E-state index is -0.662. The SMILES string of the molecule is O=C(c1ccc([N+](=O)[O-])o1)N1C[C@H]2C[C@@H](C1)c1cccc(=O)n1C2. The van der Waals surface area contributed by atoms with Gasteiger partial charge in [0.15, 0.2) is 5.76 Å². The average Bonchev–Trinajstić information content (AvgIpc) is 3.05. The molecule has 0 saturated carbocycles. The second-order valence-electron chi connectivity index (χ2n) is 6.30. The van der Waals surface area contributed by atoms with E-state index in [2.05, 4.69) is 0 Å². The Morgan fingerprint density at radius 2 is 2.04 bits per heavy atom. The Hall–Kier alpha value is -2.90. The highest BCUT2D eigenvalue weighted by atomic mass is 16.6. The molecule has 24 heavy (non-hydrogen) atoms. The van der Waals surface area contributed by atoms with Gasteiger partial charge in [-0.05, 0) is 24.5 Å². The molecule has 2 aliphatic heterocycles. The second-order valence-corrected chi connectivity index (χ2v) is 6.30. The molecule has 8 heteroatoms. The van der Waals surface area contributed by atoms with Crippen LogP contribution in [0.1, 0.15) is 28.6 Å². The Balaban J connectivity index is 1.60. The predicted octanol–water partition coefficient (Wildman–Crippen LogP) is 1.61. The normalized spacial score (nSPS) is 22.1. The van der Waals surface area contributed by atoms with E-state index in [0.29, 0.717) is 19.6 Å². The van der Waals surface area contributed by atoms with E-state index in [4.69, 9.17) is 4.42 Å². The van der Waals surface area contributed by atoms with Crippen LogP contribution < -0.4 is 5.56 Å². The van der Waals surface area contributed by atoms with Gasteiger partial charge < -0.3 is 13.9 Å². The number of furan rings is 1. The fraction of sp³-hybridized carbons (Fsp3) is 0.375. The number of fused-ring (bicyclic) bond motifs is 4. The van der Waals surface area contributed by atoms with E-state index in [9.17, 15) is 19.7 Å². The van der Waals surface area contributed by atoms with E-state index in [1.54, 1.807) is 21.6 Å². The van der Waals surface area contributed by atoms with Crippen molar-refractivity contribution in [2.75, 3.05) is 13.1 Å². The third-order valence-electron chi connectivity index (χ3n) is 4.75. The van der Waals surface area contributed by atoms with E-state index in [1.807, 2.05) is 6.07 Å². The first-order valence-corrected chi connectivity index (χ1v) is 7.76. The molecule has 4 rings (SSSR count). The van der Waals surface area contributed by atoms with Crippen molar-refractivity contribution in [1.29, 1.82) is 0 Å². The van der Waals surface area contributed by atoms with E-state index < -0.39 is 10.8 Å². The number of nitro groups is 1. The van der Waals surface area contributed by atoms with Crippen LogP contribution in [0.25, 0.3) is 0 Å². The maximum Gasteiger partial charge on any atom is 0.433 e. The van der Waals surface area contributed by atoms with Crippen LogP contribution >= 0.6 is 0 Å². The molecular weight excluding hydrogens is 314 g/mol. The number of amides is 1. The molecule has 8 nitrogen and oxygen atoms in total. The standard InChI is InChI=1S/C16H15N3O5/c20-14-3-1-2-12-11-6-10(8-18(12)14)7-17(9-11)16(21)13-4-5-15(24-13)19(22)23/h1-5,10-11H,6-9H2/t10-,11+/m1/s1. The molecule has 2 bridgehead atoms. The number of aromatic nitrogens is 1. The minimum Gasteiger partial charge on any atom is -0.395 e. The molecule has 0 N–H and O–H groups in total. The summed E-state index contributed by atoms with van der Waals surface area (Å²) in [6.45, 7) is 1.59. The van der Waals surface area contributed by atoms with E-state index in [0.717, 1.165) is 12.1 Å². The number of pyridine rings is 1. The van der Waals surface area contributed by atoms with Crippen molar-refractivity contribution in [1.82, 2.24) is 9.47 Å². The van der Waals surface area contributed by atoms with Crippen LogP contribution in [0.5, 0.6) is 0 Å². The molecule has 0 spiro atoms. The fourth-order valence-electron chi connectivity index (χ4n) is 3.76. The molecule has 1 fully saturated rings. The molecule has 0 unspecified atom stereocenters. The number of likely N-dealkylation sites (tertiary alicyclic amines) is 1. The van der Waals surface area contributed by atoms with Crippen molar-refractivity contribution in [3.63, 3.8) is 0 Å². The summed E-state index contributed by atoms with van der Waals surface area (Å²) in [7, 11) is 0. The van der Waals surface area contributed by atoms with Gasteiger partial charge in [-0.3, -0.25) is 19.7 Å². The lowest BCUT2D eigenvalue weighted by molar-refractivity contribution is -0.402. The Kier molecular flexibility index (Phi) is 3.26. The third kappa shape index (κ3) is 2.31. The fourth-order valence-corrected chi connectivity index (χ4v) is 3.76. The van der Waals surface area contributed by atoms with Crippen LogP contribution in [0.2, 0.25) is 0 Å². The summed E-state index contributed by atoms with van der Waals surface area (Å²) in [6.07, 6.45) is 0.936. The maximum absolute atomic E-state index is 12.6. The van der Waals surface area contributed by atoms with Crippen LogP contribution in [0.15, 0.2) is 39.5 Å². The predicted molar refractivity (Wildman–Crippen MR) is 82.8 cm³/mol. The number of rotatable bonds is 2. The van der Waals surface area contributed by atoms with Crippen molar-refractivity contribution in [2.24, 2.45) is 5.92 Å². The van der Waals surface area contributed by atoms with Gasteiger partial charge in [0.2, 0.25) is 0 Å². The largest absolute Gasteiger partial charge is 0.433 e. The van der Waals surface area contributed by atoms with Crippen LogP contribution in [0.3, 0.4) is 0 Å². The Bertz CT molecular complexity index is 884. The Morgan fingerprint density at radius 3 is 2.79 bits per heavy atom. The van der Waals surface area contributed by atoms with Gasteiger partial charge in [0, 0.05) is 37.3 Å². The number of carbonyl (C=O) groups is 1. The monoisotopic (exact) mass is 329 g/mol. The van der Waals surface area contributed by atoms with Crippen molar-refractivity contribution in [3.8, 4) is 0 Å². The van der Waals surface area contributed by atoms with Crippen LogP contribution in [0.4, 0.5) is 5.88 Å². The van der Waals surface area contributed by atoms with Gasteiger partial charge in [-0.2, -0.15) is 0 Å². The zero-order chi connectivity index (χ0) is 16.8. The molecule has 1 saturated heterocycles. The van der Waals surface area contributed by atoms with Gasteiger partial charge in [0.1, 0.15) is 4.92 Å². The van der Waals surface area contributed by atoms with Gasteiger partial charge >= 0.3 is 5.88 Å². The van der Waals surface area contributed by atoms with E-state index in [-0.39, 0.29) is 29.1 Å². The molecule has 2 atom stereocenters. The zero-order valence-electron chi connectivity index (χ0n) is 12.8. The average molecular weight is 329 g/mol. The highest BCUT2D eigenvalue weighted by Gasteiger charge is 2.37. The van der Waals surface area contributed by atoms with Crippen LogP contribution in [-0.4, -0.2) is 33.4 Å². The number of piperidine rings is 1. The number of nitrogens with zero attached hydrogens (tertiary/aromatic N) is 3. The molecule has 2 aromatic heterocycles. The smallest absolute Gasteiger partial charge is 0.395 e. The van der Waals surface area contributed by atoms with Crippen LogP contribution in [-0.2, 0) is 6.54 Å². The van der Waals surface area contributed by atoms with Crippen molar-refractivity contribution in [3.05, 3.63) is 62.3 Å². The molecule has 0 aromatic carbocycles. The molecule has 4 heterocycles.